The molecule has 1 nitrogen and oxygen atoms in total. The van der Waals surface area contributed by atoms with E-state index in [1.165, 1.54) is 77.0 Å². The Bertz CT molecular complexity index is 233. The van der Waals surface area contributed by atoms with Crippen molar-refractivity contribution < 1.29 is 4.74 Å². The van der Waals surface area contributed by atoms with Crippen LogP contribution in [0.4, 0.5) is 0 Å². The first-order valence-corrected chi connectivity index (χ1v) is 7.84. The summed E-state index contributed by atoms with van der Waals surface area (Å²) in [6.45, 7) is 0. The lowest BCUT2D eigenvalue weighted by Crippen LogP contribution is -2.43. The molecule has 0 bridgehead atoms. The fourth-order valence-electron chi connectivity index (χ4n) is 5.45. The van der Waals surface area contributed by atoms with Crippen LogP contribution in [0.25, 0.3) is 0 Å². The summed E-state index contributed by atoms with van der Waals surface area (Å²) in [7, 11) is 1.99. The highest BCUT2D eigenvalue weighted by Gasteiger charge is 2.56. The normalized spacial score (nSPS) is 32.3. The van der Waals surface area contributed by atoms with Crippen molar-refractivity contribution in [1.29, 1.82) is 0 Å². The summed E-state index contributed by atoms with van der Waals surface area (Å²) in [6, 6.07) is 0. The molecule has 3 aliphatic carbocycles. The van der Waals surface area contributed by atoms with Crippen molar-refractivity contribution >= 4 is 0 Å². The van der Waals surface area contributed by atoms with Gasteiger partial charge in [-0.3, -0.25) is 0 Å². The molecule has 17 heavy (non-hydrogen) atoms. The zero-order chi connectivity index (χ0) is 11.8. The standard InChI is InChI=1S/C16H28O/c1-17-14-15(8-4-2-5-9-15)12-13-16(14)10-6-3-7-11-16/h14H,2-13H2,1H3. The summed E-state index contributed by atoms with van der Waals surface area (Å²) in [4.78, 5) is 0. The van der Waals surface area contributed by atoms with Crippen LogP contribution in [-0.4, -0.2) is 13.2 Å². The van der Waals surface area contributed by atoms with E-state index in [4.69, 9.17) is 4.74 Å². The van der Waals surface area contributed by atoms with Gasteiger partial charge in [-0.05, 0) is 49.4 Å². The minimum absolute atomic E-state index is 0.588. The van der Waals surface area contributed by atoms with Crippen LogP contribution in [0.15, 0.2) is 0 Å². The van der Waals surface area contributed by atoms with Gasteiger partial charge in [0.2, 0.25) is 0 Å². The zero-order valence-electron chi connectivity index (χ0n) is 11.5. The third-order valence-corrected chi connectivity index (χ3v) is 6.17. The molecule has 0 amide bonds. The van der Waals surface area contributed by atoms with E-state index in [1.807, 2.05) is 7.11 Å². The van der Waals surface area contributed by atoms with Crippen LogP contribution in [-0.2, 0) is 4.74 Å². The van der Waals surface area contributed by atoms with E-state index >= 15 is 0 Å². The van der Waals surface area contributed by atoms with Crippen LogP contribution in [0, 0.1) is 10.8 Å². The minimum Gasteiger partial charge on any atom is -0.380 e. The van der Waals surface area contributed by atoms with Gasteiger partial charge in [0.15, 0.2) is 0 Å². The summed E-state index contributed by atoms with van der Waals surface area (Å²) in [5.41, 5.74) is 1.18. The van der Waals surface area contributed by atoms with Gasteiger partial charge in [-0.25, -0.2) is 0 Å². The molecule has 2 spiro atoms. The number of ether oxygens (including phenoxy) is 1. The van der Waals surface area contributed by atoms with Crippen LogP contribution in [0.5, 0.6) is 0 Å². The second kappa shape index (κ2) is 4.57. The summed E-state index contributed by atoms with van der Waals surface area (Å²) >= 11 is 0. The molecule has 0 N–H and O–H groups in total. The molecule has 3 saturated carbocycles. The Balaban J connectivity index is 1.83. The maximum Gasteiger partial charge on any atom is 0.0683 e. The molecule has 98 valence electrons. The van der Waals surface area contributed by atoms with Crippen molar-refractivity contribution in [3.8, 4) is 0 Å². The van der Waals surface area contributed by atoms with Crippen LogP contribution in [0.2, 0.25) is 0 Å². The predicted molar refractivity (Wildman–Crippen MR) is 71.1 cm³/mol. The second-order valence-electron chi connectivity index (χ2n) is 6.96. The first kappa shape index (κ1) is 12.0. The largest absolute Gasteiger partial charge is 0.380 e. The quantitative estimate of drug-likeness (QED) is 0.641. The van der Waals surface area contributed by atoms with Gasteiger partial charge in [0.25, 0.3) is 0 Å². The van der Waals surface area contributed by atoms with Gasteiger partial charge >= 0.3 is 0 Å². The first-order valence-electron chi connectivity index (χ1n) is 7.84. The van der Waals surface area contributed by atoms with Gasteiger partial charge in [0.05, 0.1) is 6.10 Å². The van der Waals surface area contributed by atoms with Crippen LogP contribution in [0.1, 0.15) is 77.0 Å². The lowest BCUT2D eigenvalue weighted by molar-refractivity contribution is -0.0833. The molecular weight excluding hydrogens is 208 g/mol. The number of rotatable bonds is 1. The molecule has 0 heterocycles. The molecule has 3 rings (SSSR count). The minimum atomic E-state index is 0.588. The third-order valence-electron chi connectivity index (χ3n) is 6.17. The van der Waals surface area contributed by atoms with E-state index < -0.39 is 0 Å². The Morgan fingerprint density at radius 1 is 0.647 bits per heavy atom. The molecule has 0 aromatic rings. The van der Waals surface area contributed by atoms with E-state index in [9.17, 15) is 0 Å². The molecule has 1 heteroatoms. The van der Waals surface area contributed by atoms with Crippen molar-refractivity contribution in [3.63, 3.8) is 0 Å². The predicted octanol–water partition coefficient (Wildman–Crippen LogP) is 4.70. The third kappa shape index (κ3) is 1.85. The Hall–Kier alpha value is -0.0400. The van der Waals surface area contributed by atoms with Gasteiger partial charge in [-0.15, -0.1) is 0 Å². The Labute approximate surface area is 106 Å². The van der Waals surface area contributed by atoms with Gasteiger partial charge in [-0.1, -0.05) is 38.5 Å². The fraction of sp³-hybridized carbons (Fsp3) is 1.00. The lowest BCUT2D eigenvalue weighted by Gasteiger charge is -2.46. The molecule has 0 atom stereocenters. The monoisotopic (exact) mass is 236 g/mol. The van der Waals surface area contributed by atoms with Crippen molar-refractivity contribution in [1.82, 2.24) is 0 Å². The van der Waals surface area contributed by atoms with Gasteiger partial charge in [0.1, 0.15) is 0 Å². The highest BCUT2D eigenvalue weighted by Crippen LogP contribution is 2.61. The van der Waals surface area contributed by atoms with Crippen LogP contribution >= 0.6 is 0 Å². The van der Waals surface area contributed by atoms with E-state index in [0.717, 1.165) is 0 Å². The van der Waals surface area contributed by atoms with E-state index in [-0.39, 0.29) is 0 Å². The smallest absolute Gasteiger partial charge is 0.0683 e. The highest BCUT2D eigenvalue weighted by atomic mass is 16.5. The van der Waals surface area contributed by atoms with Gasteiger partial charge in [0, 0.05) is 7.11 Å². The SMILES string of the molecule is COC1C2(CCCCC2)CCC12CCCCC2. The van der Waals surface area contributed by atoms with E-state index in [1.54, 1.807) is 0 Å². The van der Waals surface area contributed by atoms with Crippen molar-refractivity contribution in [2.45, 2.75) is 83.2 Å². The molecule has 0 aromatic heterocycles. The van der Waals surface area contributed by atoms with E-state index in [0.29, 0.717) is 16.9 Å². The van der Waals surface area contributed by atoms with Gasteiger partial charge < -0.3 is 4.74 Å². The summed E-state index contributed by atoms with van der Waals surface area (Å²) in [5, 5.41) is 0. The number of hydrogen-bond donors (Lipinski definition) is 0. The number of hydrogen-bond acceptors (Lipinski definition) is 1. The summed E-state index contributed by atoms with van der Waals surface area (Å²) < 4.78 is 6.10. The van der Waals surface area contributed by atoms with Crippen molar-refractivity contribution in [2.24, 2.45) is 10.8 Å². The number of methoxy groups -OCH3 is 1. The van der Waals surface area contributed by atoms with Gasteiger partial charge in [-0.2, -0.15) is 0 Å². The maximum absolute atomic E-state index is 6.10. The molecule has 0 aliphatic heterocycles. The molecule has 0 radical (unpaired) electrons. The second-order valence-corrected chi connectivity index (χ2v) is 6.96. The average molecular weight is 236 g/mol. The van der Waals surface area contributed by atoms with Crippen molar-refractivity contribution in [3.05, 3.63) is 0 Å². The Morgan fingerprint density at radius 3 is 1.41 bits per heavy atom. The van der Waals surface area contributed by atoms with Crippen molar-refractivity contribution in [2.75, 3.05) is 7.11 Å². The van der Waals surface area contributed by atoms with E-state index in [2.05, 4.69) is 0 Å². The molecule has 3 fully saturated rings. The van der Waals surface area contributed by atoms with Crippen LogP contribution in [0.3, 0.4) is 0 Å². The molecule has 0 saturated heterocycles. The molecule has 3 aliphatic rings. The summed E-state index contributed by atoms with van der Waals surface area (Å²) in [6.07, 6.45) is 18.1. The first-order chi connectivity index (χ1) is 8.31. The summed E-state index contributed by atoms with van der Waals surface area (Å²) in [5.74, 6) is 0. The lowest BCUT2D eigenvalue weighted by atomic mass is 9.64. The Kier molecular flexibility index (Phi) is 3.23. The average Bonchev–Trinajstić information content (AvgIpc) is 2.65. The molecule has 0 unspecified atom stereocenters. The highest BCUT2D eigenvalue weighted by molar-refractivity contribution is 5.07. The Morgan fingerprint density at radius 2 is 1.06 bits per heavy atom. The molecule has 0 aromatic carbocycles. The zero-order valence-corrected chi connectivity index (χ0v) is 11.5. The van der Waals surface area contributed by atoms with Crippen LogP contribution < -0.4 is 0 Å². The fourth-order valence-corrected chi connectivity index (χ4v) is 5.45. The molecular formula is C16H28O. The maximum atomic E-state index is 6.10. The topological polar surface area (TPSA) is 9.23 Å².